The summed E-state index contributed by atoms with van der Waals surface area (Å²) in [5.41, 5.74) is 7.08. The van der Waals surface area contributed by atoms with Crippen LogP contribution in [0.25, 0.3) is 6.08 Å². The number of hydrogen-bond acceptors (Lipinski definition) is 3. The number of carbonyl (C=O) groups excluding carboxylic acids is 3. The lowest BCUT2D eigenvalue weighted by Crippen LogP contribution is -2.42. The molecular formula is C24H21N3O3. The van der Waals surface area contributed by atoms with Crippen molar-refractivity contribution in [3.63, 3.8) is 0 Å². The van der Waals surface area contributed by atoms with Crippen molar-refractivity contribution < 1.29 is 14.4 Å². The second kappa shape index (κ2) is 10.4. The number of amides is 3. The fourth-order valence-corrected chi connectivity index (χ4v) is 2.72. The standard InChI is InChI=1S/C24H21N3O3/c28-22(16-15-18-9-3-1-4-10-18)25-21-14-8-7-13-20(21)24(30)27-26-23(29)17-19-11-5-2-6-12-19/h1-16H,17H2,(H,25,28)(H,26,29)(H,27,30)/b16-15+. The molecule has 6 nitrogen and oxygen atoms in total. The molecule has 3 rings (SSSR count). The molecule has 0 aliphatic carbocycles. The first kappa shape index (κ1) is 20.5. The number of anilines is 1. The van der Waals surface area contributed by atoms with Gasteiger partial charge in [0.15, 0.2) is 0 Å². The van der Waals surface area contributed by atoms with E-state index in [-0.39, 0.29) is 23.8 Å². The topological polar surface area (TPSA) is 87.3 Å². The smallest absolute Gasteiger partial charge is 0.271 e. The van der Waals surface area contributed by atoms with E-state index in [0.29, 0.717) is 5.69 Å². The predicted octanol–water partition coefficient (Wildman–Crippen LogP) is 3.34. The molecule has 0 saturated heterocycles. The number of hydrazine groups is 1. The van der Waals surface area contributed by atoms with Crippen LogP contribution in [0.3, 0.4) is 0 Å². The van der Waals surface area contributed by atoms with Gasteiger partial charge < -0.3 is 5.32 Å². The zero-order chi connectivity index (χ0) is 21.2. The predicted molar refractivity (Wildman–Crippen MR) is 116 cm³/mol. The van der Waals surface area contributed by atoms with Crippen LogP contribution in [0, 0.1) is 0 Å². The number of rotatable bonds is 6. The molecule has 0 radical (unpaired) electrons. The molecule has 3 aromatic rings. The molecule has 150 valence electrons. The van der Waals surface area contributed by atoms with Crippen molar-refractivity contribution in [3.8, 4) is 0 Å². The van der Waals surface area contributed by atoms with Crippen molar-refractivity contribution in [2.75, 3.05) is 5.32 Å². The fourth-order valence-electron chi connectivity index (χ4n) is 2.72. The van der Waals surface area contributed by atoms with E-state index in [4.69, 9.17) is 0 Å². The van der Waals surface area contributed by atoms with Crippen LogP contribution in [0.1, 0.15) is 21.5 Å². The molecule has 0 aliphatic heterocycles. The third-order valence-electron chi connectivity index (χ3n) is 4.18. The first-order valence-corrected chi connectivity index (χ1v) is 9.38. The van der Waals surface area contributed by atoms with Gasteiger partial charge in [-0.25, -0.2) is 0 Å². The van der Waals surface area contributed by atoms with Gasteiger partial charge in [-0.1, -0.05) is 72.8 Å². The third kappa shape index (κ3) is 6.17. The summed E-state index contributed by atoms with van der Waals surface area (Å²) in [5.74, 6) is -1.24. The summed E-state index contributed by atoms with van der Waals surface area (Å²) in [7, 11) is 0. The van der Waals surface area contributed by atoms with Crippen molar-refractivity contribution in [2.24, 2.45) is 0 Å². The highest BCUT2D eigenvalue weighted by molar-refractivity contribution is 6.07. The maximum atomic E-state index is 12.5. The van der Waals surface area contributed by atoms with E-state index in [1.807, 2.05) is 60.7 Å². The van der Waals surface area contributed by atoms with Crippen molar-refractivity contribution >= 4 is 29.5 Å². The molecule has 6 heteroatoms. The van der Waals surface area contributed by atoms with Crippen molar-refractivity contribution in [3.05, 3.63) is 108 Å². The summed E-state index contributed by atoms with van der Waals surface area (Å²) in [5, 5.41) is 2.69. The Morgan fingerprint density at radius 2 is 1.37 bits per heavy atom. The molecule has 30 heavy (non-hydrogen) atoms. The van der Waals surface area contributed by atoms with Crippen molar-refractivity contribution in [1.29, 1.82) is 0 Å². The van der Waals surface area contributed by atoms with Crippen LogP contribution < -0.4 is 16.2 Å². The number of benzene rings is 3. The van der Waals surface area contributed by atoms with E-state index in [1.165, 1.54) is 6.08 Å². The van der Waals surface area contributed by atoms with Crippen LogP contribution >= 0.6 is 0 Å². The Kier molecular flexibility index (Phi) is 7.11. The SMILES string of the molecule is O=C(/C=C/c1ccccc1)Nc1ccccc1C(=O)NNC(=O)Cc1ccccc1. The Morgan fingerprint density at radius 1 is 0.733 bits per heavy atom. The molecule has 0 aliphatic rings. The minimum Gasteiger partial charge on any atom is -0.322 e. The average molecular weight is 399 g/mol. The van der Waals surface area contributed by atoms with Crippen molar-refractivity contribution in [2.45, 2.75) is 6.42 Å². The molecule has 3 amide bonds. The molecule has 0 fully saturated rings. The van der Waals surface area contributed by atoms with Crippen molar-refractivity contribution in [1.82, 2.24) is 10.9 Å². The van der Waals surface area contributed by atoms with E-state index >= 15 is 0 Å². The molecule has 0 bridgehead atoms. The van der Waals surface area contributed by atoms with Crippen LogP contribution in [0.4, 0.5) is 5.69 Å². The van der Waals surface area contributed by atoms with E-state index in [9.17, 15) is 14.4 Å². The zero-order valence-electron chi connectivity index (χ0n) is 16.2. The summed E-state index contributed by atoms with van der Waals surface area (Å²) >= 11 is 0. The van der Waals surface area contributed by atoms with Gasteiger partial charge in [-0.2, -0.15) is 0 Å². The molecule has 0 spiro atoms. The zero-order valence-corrected chi connectivity index (χ0v) is 16.2. The molecular weight excluding hydrogens is 378 g/mol. The lowest BCUT2D eigenvalue weighted by atomic mass is 10.1. The second-order valence-corrected chi connectivity index (χ2v) is 6.44. The summed E-state index contributed by atoms with van der Waals surface area (Å²) < 4.78 is 0. The maximum Gasteiger partial charge on any atom is 0.271 e. The summed E-state index contributed by atoms with van der Waals surface area (Å²) in [4.78, 5) is 36.7. The number of carbonyl (C=O) groups is 3. The maximum absolute atomic E-state index is 12.5. The van der Waals surface area contributed by atoms with Crippen LogP contribution in [-0.4, -0.2) is 17.7 Å². The van der Waals surface area contributed by atoms with E-state index in [0.717, 1.165) is 11.1 Å². The average Bonchev–Trinajstić information content (AvgIpc) is 2.78. The van der Waals surface area contributed by atoms with Crippen LogP contribution in [0.15, 0.2) is 91.0 Å². The molecule has 0 atom stereocenters. The van der Waals surface area contributed by atoms with E-state index in [2.05, 4.69) is 16.2 Å². The third-order valence-corrected chi connectivity index (χ3v) is 4.18. The minimum atomic E-state index is -0.528. The molecule has 0 aromatic heterocycles. The van der Waals surface area contributed by atoms with Gasteiger partial charge in [0.05, 0.1) is 17.7 Å². The number of para-hydroxylation sites is 1. The van der Waals surface area contributed by atoms with Gasteiger partial charge in [-0.3, -0.25) is 25.2 Å². The quantitative estimate of drug-likeness (QED) is 0.439. The molecule has 0 heterocycles. The molecule has 0 saturated carbocycles. The summed E-state index contributed by atoms with van der Waals surface area (Å²) in [6.45, 7) is 0. The van der Waals surface area contributed by atoms with Gasteiger partial charge >= 0.3 is 0 Å². The first-order valence-electron chi connectivity index (χ1n) is 9.38. The Hall–Kier alpha value is -4.19. The van der Waals surface area contributed by atoms with Gasteiger partial charge in [-0.15, -0.1) is 0 Å². The number of hydrogen-bond donors (Lipinski definition) is 3. The highest BCUT2D eigenvalue weighted by Gasteiger charge is 2.13. The van der Waals surface area contributed by atoms with Gasteiger partial charge in [0.1, 0.15) is 0 Å². The van der Waals surface area contributed by atoms with Gasteiger partial charge in [-0.05, 0) is 29.3 Å². The van der Waals surface area contributed by atoms with Crippen LogP contribution in [-0.2, 0) is 16.0 Å². The Balaban J connectivity index is 1.58. The lowest BCUT2D eigenvalue weighted by molar-refractivity contribution is -0.121. The highest BCUT2D eigenvalue weighted by atomic mass is 16.2. The molecule has 3 aromatic carbocycles. The van der Waals surface area contributed by atoms with Gasteiger partial charge in [0.2, 0.25) is 11.8 Å². The first-order chi connectivity index (χ1) is 14.6. The van der Waals surface area contributed by atoms with E-state index in [1.54, 1.807) is 30.3 Å². The summed E-state index contributed by atoms with van der Waals surface area (Å²) in [6, 6.07) is 25.2. The lowest BCUT2D eigenvalue weighted by Gasteiger charge is -2.11. The minimum absolute atomic E-state index is 0.143. The van der Waals surface area contributed by atoms with Crippen LogP contribution in [0.2, 0.25) is 0 Å². The summed E-state index contributed by atoms with van der Waals surface area (Å²) in [6.07, 6.45) is 3.22. The normalized spacial score (nSPS) is 10.4. The van der Waals surface area contributed by atoms with Crippen LogP contribution in [0.5, 0.6) is 0 Å². The highest BCUT2D eigenvalue weighted by Crippen LogP contribution is 2.15. The Labute approximate surface area is 174 Å². The molecule has 0 unspecified atom stereocenters. The molecule has 3 N–H and O–H groups in total. The second-order valence-electron chi connectivity index (χ2n) is 6.44. The van der Waals surface area contributed by atoms with Gasteiger partial charge in [0, 0.05) is 6.08 Å². The fraction of sp³-hybridized carbons (Fsp3) is 0.0417. The van der Waals surface area contributed by atoms with Gasteiger partial charge in [0.25, 0.3) is 5.91 Å². The number of nitrogens with one attached hydrogen (secondary N) is 3. The Morgan fingerprint density at radius 3 is 2.10 bits per heavy atom. The largest absolute Gasteiger partial charge is 0.322 e. The monoisotopic (exact) mass is 399 g/mol. The van der Waals surface area contributed by atoms with E-state index < -0.39 is 5.91 Å². The Bertz CT molecular complexity index is 1050.